The van der Waals surface area contributed by atoms with E-state index in [0.717, 1.165) is 5.69 Å². The van der Waals surface area contributed by atoms with Crippen LogP contribution in [0.4, 0.5) is 27.7 Å². The summed E-state index contributed by atoms with van der Waals surface area (Å²) in [6.07, 6.45) is 3.51. The van der Waals surface area contributed by atoms with Crippen LogP contribution < -0.4 is 25.4 Å². The third-order valence-corrected chi connectivity index (χ3v) is 4.59. The summed E-state index contributed by atoms with van der Waals surface area (Å²) in [6.45, 7) is 1.82. The van der Waals surface area contributed by atoms with Crippen LogP contribution in [-0.2, 0) is 0 Å². The Morgan fingerprint density at radius 3 is 2.18 bits per heavy atom. The number of rotatable bonds is 7. The maximum Gasteiger partial charge on any atom is 0.323 e. The molecule has 0 aliphatic heterocycles. The molecule has 0 atom stereocenters. The van der Waals surface area contributed by atoms with Crippen molar-refractivity contribution in [2.45, 2.75) is 6.92 Å². The van der Waals surface area contributed by atoms with Gasteiger partial charge in [-0.3, -0.25) is 0 Å². The smallest absolute Gasteiger partial charge is 0.323 e. The van der Waals surface area contributed by atoms with Crippen LogP contribution in [0.2, 0.25) is 0 Å². The molecule has 4 rings (SSSR count). The number of ether oxygens (including phenoxy) is 2. The Labute approximate surface area is 190 Å². The van der Waals surface area contributed by atoms with Gasteiger partial charge in [0.2, 0.25) is 0 Å². The molecule has 10 heteroatoms. The number of benzene rings is 2. The minimum absolute atomic E-state index is 0.388. The molecule has 10 nitrogen and oxygen atoms in total. The van der Waals surface area contributed by atoms with Gasteiger partial charge in [0, 0.05) is 53.7 Å². The molecule has 2 amide bonds. The number of methoxy groups -OCH3 is 2. The minimum atomic E-state index is -0.388. The summed E-state index contributed by atoms with van der Waals surface area (Å²) < 4.78 is 12.1. The SMILES string of the molecule is COc1cc(NC(=O)Nc2ccc(Nc3cc(-n4cccn4)nc(C)n3)cc2)cc(OC)c1. The summed E-state index contributed by atoms with van der Waals surface area (Å²) in [7, 11) is 3.10. The number of carbonyl (C=O) groups is 1. The summed E-state index contributed by atoms with van der Waals surface area (Å²) >= 11 is 0. The first-order chi connectivity index (χ1) is 16.0. The van der Waals surface area contributed by atoms with Crippen LogP contribution >= 0.6 is 0 Å². The number of amides is 2. The second-order valence-electron chi connectivity index (χ2n) is 6.99. The molecule has 0 saturated heterocycles. The van der Waals surface area contributed by atoms with E-state index < -0.39 is 0 Å². The van der Waals surface area contributed by atoms with E-state index in [2.05, 4.69) is 31.0 Å². The van der Waals surface area contributed by atoms with E-state index in [0.29, 0.717) is 40.3 Å². The van der Waals surface area contributed by atoms with Crippen molar-refractivity contribution in [3.05, 3.63) is 72.8 Å². The molecule has 0 spiro atoms. The van der Waals surface area contributed by atoms with Crippen LogP contribution in [0.5, 0.6) is 11.5 Å². The number of urea groups is 1. The van der Waals surface area contributed by atoms with Gasteiger partial charge in [0.15, 0.2) is 5.82 Å². The van der Waals surface area contributed by atoms with Crippen LogP contribution in [0.1, 0.15) is 5.82 Å². The van der Waals surface area contributed by atoms with Crippen molar-refractivity contribution in [1.82, 2.24) is 19.7 Å². The highest BCUT2D eigenvalue weighted by molar-refractivity contribution is 6.00. The molecule has 0 unspecified atom stereocenters. The third kappa shape index (κ3) is 5.56. The lowest BCUT2D eigenvalue weighted by Gasteiger charge is -2.12. The zero-order valence-electron chi connectivity index (χ0n) is 18.4. The lowest BCUT2D eigenvalue weighted by atomic mass is 10.2. The number of nitrogens with zero attached hydrogens (tertiary/aromatic N) is 4. The highest BCUT2D eigenvalue weighted by Gasteiger charge is 2.08. The van der Waals surface area contributed by atoms with E-state index in [1.54, 1.807) is 55.4 Å². The van der Waals surface area contributed by atoms with Gasteiger partial charge in [-0.15, -0.1) is 0 Å². The van der Waals surface area contributed by atoms with E-state index >= 15 is 0 Å². The zero-order chi connectivity index (χ0) is 23.2. The molecule has 0 fully saturated rings. The maximum absolute atomic E-state index is 12.4. The van der Waals surface area contributed by atoms with Crippen molar-refractivity contribution in [3.8, 4) is 17.3 Å². The first-order valence-corrected chi connectivity index (χ1v) is 10.1. The van der Waals surface area contributed by atoms with Gasteiger partial charge >= 0.3 is 6.03 Å². The van der Waals surface area contributed by atoms with Gasteiger partial charge in [-0.25, -0.2) is 19.4 Å². The fraction of sp³-hybridized carbons (Fsp3) is 0.130. The molecule has 33 heavy (non-hydrogen) atoms. The lowest BCUT2D eigenvalue weighted by molar-refractivity contribution is 0.262. The molecule has 0 aliphatic carbocycles. The Balaban J connectivity index is 1.40. The zero-order valence-corrected chi connectivity index (χ0v) is 18.4. The summed E-state index contributed by atoms with van der Waals surface area (Å²) in [6, 6.07) is 15.6. The predicted molar refractivity (Wildman–Crippen MR) is 126 cm³/mol. The maximum atomic E-state index is 12.4. The number of carbonyl (C=O) groups excluding carboxylic acids is 1. The Morgan fingerprint density at radius 2 is 1.55 bits per heavy atom. The number of hydrogen-bond donors (Lipinski definition) is 3. The van der Waals surface area contributed by atoms with Crippen molar-refractivity contribution in [2.75, 3.05) is 30.2 Å². The number of aromatic nitrogens is 4. The fourth-order valence-corrected chi connectivity index (χ4v) is 3.10. The third-order valence-electron chi connectivity index (χ3n) is 4.59. The van der Waals surface area contributed by atoms with E-state index in [9.17, 15) is 4.79 Å². The Hall–Kier alpha value is -4.60. The molecule has 0 radical (unpaired) electrons. The highest BCUT2D eigenvalue weighted by atomic mass is 16.5. The van der Waals surface area contributed by atoms with Gasteiger partial charge in [0.25, 0.3) is 0 Å². The largest absolute Gasteiger partial charge is 0.497 e. The van der Waals surface area contributed by atoms with Crippen LogP contribution in [-0.4, -0.2) is 40.0 Å². The molecule has 4 aromatic rings. The molecule has 0 aliphatic rings. The summed E-state index contributed by atoms with van der Waals surface area (Å²) in [4.78, 5) is 21.2. The van der Waals surface area contributed by atoms with Gasteiger partial charge in [0.05, 0.1) is 14.2 Å². The van der Waals surface area contributed by atoms with Gasteiger partial charge in [-0.2, -0.15) is 5.10 Å². The van der Waals surface area contributed by atoms with Crippen LogP contribution in [0, 0.1) is 6.92 Å². The average molecular weight is 445 g/mol. The van der Waals surface area contributed by atoms with Crippen molar-refractivity contribution in [1.29, 1.82) is 0 Å². The normalized spacial score (nSPS) is 10.4. The molecule has 2 aromatic heterocycles. The Bertz CT molecular complexity index is 1220. The van der Waals surface area contributed by atoms with Crippen molar-refractivity contribution in [2.24, 2.45) is 0 Å². The van der Waals surface area contributed by atoms with Crippen molar-refractivity contribution >= 4 is 28.9 Å². The van der Waals surface area contributed by atoms with Gasteiger partial charge in [0.1, 0.15) is 23.1 Å². The second-order valence-corrected chi connectivity index (χ2v) is 6.99. The summed E-state index contributed by atoms with van der Waals surface area (Å²) in [5, 5.41) is 13.0. The molecule has 168 valence electrons. The van der Waals surface area contributed by atoms with E-state index in [-0.39, 0.29) is 6.03 Å². The van der Waals surface area contributed by atoms with E-state index in [1.165, 1.54) is 0 Å². The topological polar surface area (TPSA) is 115 Å². The summed E-state index contributed by atoms with van der Waals surface area (Å²) in [5.41, 5.74) is 1.99. The molecule has 2 aromatic carbocycles. The van der Waals surface area contributed by atoms with Crippen molar-refractivity contribution < 1.29 is 14.3 Å². The minimum Gasteiger partial charge on any atom is -0.497 e. The van der Waals surface area contributed by atoms with E-state index in [4.69, 9.17) is 9.47 Å². The summed E-state index contributed by atoms with van der Waals surface area (Å²) in [5.74, 6) is 3.08. The molecule has 0 bridgehead atoms. The van der Waals surface area contributed by atoms with E-state index in [1.807, 2.05) is 37.4 Å². The molecular weight excluding hydrogens is 422 g/mol. The number of aryl methyl sites for hydroxylation is 1. The molecule has 2 heterocycles. The standard InChI is InChI=1S/C23H23N7O3/c1-15-25-21(14-22(26-15)30-10-4-9-24-30)27-16-5-7-17(8-6-16)28-23(31)29-18-11-19(32-2)13-20(12-18)33-3/h4-14H,1-3H3,(H,25,26,27)(H2,28,29,31). The number of hydrogen-bond acceptors (Lipinski definition) is 7. The second kappa shape index (κ2) is 9.69. The van der Waals surface area contributed by atoms with Gasteiger partial charge < -0.3 is 25.4 Å². The monoisotopic (exact) mass is 445 g/mol. The van der Waals surface area contributed by atoms with Gasteiger partial charge in [-0.05, 0) is 37.3 Å². The quantitative estimate of drug-likeness (QED) is 0.387. The number of anilines is 4. The first-order valence-electron chi connectivity index (χ1n) is 10.1. The molecule has 3 N–H and O–H groups in total. The lowest BCUT2D eigenvalue weighted by Crippen LogP contribution is -2.19. The Morgan fingerprint density at radius 1 is 0.879 bits per heavy atom. The fourth-order valence-electron chi connectivity index (χ4n) is 3.10. The predicted octanol–water partition coefficient (Wildman–Crippen LogP) is 4.38. The molecule has 0 saturated carbocycles. The molecular formula is C23H23N7O3. The van der Waals surface area contributed by atoms with Crippen LogP contribution in [0.3, 0.4) is 0 Å². The van der Waals surface area contributed by atoms with Gasteiger partial charge in [-0.1, -0.05) is 0 Å². The van der Waals surface area contributed by atoms with Crippen molar-refractivity contribution in [3.63, 3.8) is 0 Å². The first kappa shape index (κ1) is 21.6. The number of nitrogens with one attached hydrogen (secondary N) is 3. The Kier molecular flexibility index (Phi) is 6.35. The highest BCUT2D eigenvalue weighted by Crippen LogP contribution is 2.26. The van der Waals surface area contributed by atoms with Crippen LogP contribution in [0.15, 0.2) is 67.0 Å². The average Bonchev–Trinajstić information content (AvgIpc) is 3.35. The van der Waals surface area contributed by atoms with Crippen LogP contribution in [0.25, 0.3) is 5.82 Å².